The number of benzene rings is 1. The van der Waals surface area contributed by atoms with Crippen molar-refractivity contribution in [1.82, 2.24) is 0 Å². The second-order valence-electron chi connectivity index (χ2n) is 3.73. The number of amides is 1. The second-order valence-corrected chi connectivity index (χ2v) is 4.14. The van der Waals surface area contributed by atoms with Crippen molar-refractivity contribution in [3.63, 3.8) is 0 Å². The highest BCUT2D eigenvalue weighted by molar-refractivity contribution is 6.31. The highest BCUT2D eigenvalue weighted by Gasteiger charge is 2.10. The van der Waals surface area contributed by atoms with Gasteiger partial charge in [-0.05, 0) is 23.6 Å². The van der Waals surface area contributed by atoms with E-state index in [-0.39, 0.29) is 18.4 Å². The number of carbonyl (C=O) groups is 1. The fourth-order valence-electron chi connectivity index (χ4n) is 1.31. The van der Waals surface area contributed by atoms with Gasteiger partial charge in [-0.15, -0.1) is 12.4 Å². The number of carbonyl (C=O) groups excluding carboxylic acids is 1. The molecule has 0 aliphatic rings. The standard InChI is InChI=1S/C11H14ClN3O.ClH/c1-6(2)8-4-3-7(5-9(8)12)10(16)15-11(13)14;/h3-6H,1-2H3,(H4,13,14,15,16);1H. The van der Waals surface area contributed by atoms with Crippen LogP contribution in [0.4, 0.5) is 0 Å². The number of halogens is 2. The van der Waals surface area contributed by atoms with Gasteiger partial charge < -0.3 is 11.5 Å². The zero-order chi connectivity index (χ0) is 12.3. The van der Waals surface area contributed by atoms with Gasteiger partial charge in [-0.1, -0.05) is 31.5 Å². The predicted molar refractivity (Wildman–Crippen MR) is 72.9 cm³/mol. The Morgan fingerprint density at radius 2 is 1.94 bits per heavy atom. The second kappa shape index (κ2) is 6.47. The van der Waals surface area contributed by atoms with Crippen LogP contribution in [0.1, 0.15) is 35.7 Å². The first-order valence-electron chi connectivity index (χ1n) is 4.85. The van der Waals surface area contributed by atoms with Gasteiger partial charge in [0.15, 0.2) is 5.96 Å². The number of hydrogen-bond acceptors (Lipinski definition) is 1. The molecule has 0 bridgehead atoms. The molecule has 0 saturated carbocycles. The van der Waals surface area contributed by atoms with Gasteiger partial charge in [0.05, 0.1) is 0 Å². The summed E-state index contributed by atoms with van der Waals surface area (Å²) in [7, 11) is 0. The van der Waals surface area contributed by atoms with Crippen LogP contribution in [0, 0.1) is 0 Å². The van der Waals surface area contributed by atoms with Crippen molar-refractivity contribution in [3.05, 3.63) is 34.3 Å². The lowest BCUT2D eigenvalue weighted by molar-refractivity contribution is 0.100. The Hall–Kier alpha value is -1.26. The molecule has 1 aromatic rings. The SMILES string of the molecule is CC(C)c1ccc(C(=O)N=C(N)N)cc1Cl.Cl. The van der Waals surface area contributed by atoms with Crippen LogP contribution in [0.15, 0.2) is 23.2 Å². The van der Waals surface area contributed by atoms with Crippen molar-refractivity contribution in [1.29, 1.82) is 0 Å². The Morgan fingerprint density at radius 3 is 2.35 bits per heavy atom. The monoisotopic (exact) mass is 275 g/mol. The van der Waals surface area contributed by atoms with Crippen molar-refractivity contribution in [2.45, 2.75) is 19.8 Å². The fraction of sp³-hybridized carbons (Fsp3) is 0.273. The number of nitrogens with zero attached hydrogens (tertiary/aromatic N) is 1. The molecule has 94 valence electrons. The van der Waals surface area contributed by atoms with Crippen molar-refractivity contribution >= 4 is 35.9 Å². The van der Waals surface area contributed by atoms with Crippen molar-refractivity contribution in [2.75, 3.05) is 0 Å². The minimum Gasteiger partial charge on any atom is -0.370 e. The quantitative estimate of drug-likeness (QED) is 0.642. The number of nitrogens with two attached hydrogens (primary N) is 2. The third-order valence-corrected chi connectivity index (χ3v) is 2.43. The molecule has 1 amide bonds. The predicted octanol–water partition coefficient (Wildman–Crippen LogP) is 2.30. The summed E-state index contributed by atoms with van der Waals surface area (Å²) in [6.07, 6.45) is 0. The lowest BCUT2D eigenvalue weighted by Gasteiger charge is -2.08. The van der Waals surface area contributed by atoms with Gasteiger partial charge >= 0.3 is 0 Å². The lowest BCUT2D eigenvalue weighted by atomic mass is 10.0. The summed E-state index contributed by atoms with van der Waals surface area (Å²) in [5.74, 6) is -0.439. The van der Waals surface area contributed by atoms with Gasteiger partial charge in [0.1, 0.15) is 0 Å². The molecule has 0 heterocycles. The fourth-order valence-corrected chi connectivity index (χ4v) is 1.71. The van der Waals surface area contributed by atoms with E-state index < -0.39 is 5.91 Å². The van der Waals surface area contributed by atoms with E-state index in [1.165, 1.54) is 0 Å². The largest absolute Gasteiger partial charge is 0.370 e. The first kappa shape index (κ1) is 15.7. The summed E-state index contributed by atoms with van der Waals surface area (Å²) < 4.78 is 0. The molecular formula is C11H15Cl2N3O. The molecule has 1 rings (SSSR count). The topological polar surface area (TPSA) is 81.5 Å². The Bertz CT molecular complexity index is 440. The molecule has 0 aliphatic carbocycles. The maximum absolute atomic E-state index is 11.5. The molecule has 0 fully saturated rings. The van der Waals surface area contributed by atoms with Crippen LogP contribution in [-0.2, 0) is 0 Å². The van der Waals surface area contributed by atoms with Crippen LogP contribution < -0.4 is 11.5 Å². The van der Waals surface area contributed by atoms with E-state index in [4.69, 9.17) is 23.1 Å². The van der Waals surface area contributed by atoms with Crippen LogP contribution in [0.5, 0.6) is 0 Å². The van der Waals surface area contributed by atoms with Crippen LogP contribution in [0.3, 0.4) is 0 Å². The zero-order valence-corrected chi connectivity index (χ0v) is 11.2. The van der Waals surface area contributed by atoms with Crippen LogP contribution in [-0.4, -0.2) is 11.9 Å². The van der Waals surface area contributed by atoms with E-state index in [0.29, 0.717) is 16.5 Å². The highest BCUT2D eigenvalue weighted by atomic mass is 35.5. The maximum Gasteiger partial charge on any atom is 0.280 e. The number of hydrogen-bond donors (Lipinski definition) is 2. The molecule has 4 N–H and O–H groups in total. The number of rotatable bonds is 2. The molecule has 6 heteroatoms. The van der Waals surface area contributed by atoms with Crippen molar-refractivity contribution in [3.8, 4) is 0 Å². The molecule has 0 aliphatic heterocycles. The first-order chi connectivity index (χ1) is 7.41. The molecule has 17 heavy (non-hydrogen) atoms. The molecule has 0 saturated heterocycles. The summed E-state index contributed by atoms with van der Waals surface area (Å²) >= 11 is 6.04. The number of guanidine groups is 1. The van der Waals surface area contributed by atoms with E-state index in [0.717, 1.165) is 5.56 Å². The Kier molecular flexibility index (Phi) is 5.99. The Balaban J connectivity index is 0.00000256. The Labute approximate surface area is 111 Å². The van der Waals surface area contributed by atoms with E-state index in [2.05, 4.69) is 4.99 Å². The van der Waals surface area contributed by atoms with Crippen LogP contribution in [0.25, 0.3) is 0 Å². The normalized spacial score (nSPS) is 9.65. The minimum absolute atomic E-state index is 0. The molecule has 0 atom stereocenters. The van der Waals surface area contributed by atoms with E-state index in [1.807, 2.05) is 19.9 Å². The molecule has 0 unspecified atom stereocenters. The summed E-state index contributed by atoms with van der Waals surface area (Å²) in [6, 6.07) is 5.05. The van der Waals surface area contributed by atoms with Gasteiger partial charge in [0.2, 0.25) is 0 Å². The third-order valence-electron chi connectivity index (χ3n) is 2.10. The molecule has 0 aromatic heterocycles. The van der Waals surface area contributed by atoms with Crippen LogP contribution in [0.2, 0.25) is 5.02 Å². The van der Waals surface area contributed by atoms with Gasteiger partial charge in [-0.25, -0.2) is 0 Å². The van der Waals surface area contributed by atoms with Gasteiger partial charge in [-0.3, -0.25) is 4.79 Å². The number of aliphatic imine (C=N–C) groups is 1. The summed E-state index contributed by atoms with van der Waals surface area (Å²) in [5.41, 5.74) is 11.6. The maximum atomic E-state index is 11.5. The van der Waals surface area contributed by atoms with Gasteiger partial charge in [0.25, 0.3) is 5.91 Å². The van der Waals surface area contributed by atoms with Crippen LogP contribution >= 0.6 is 24.0 Å². The average molecular weight is 276 g/mol. The first-order valence-corrected chi connectivity index (χ1v) is 5.23. The molecular weight excluding hydrogens is 261 g/mol. The van der Waals surface area contributed by atoms with E-state index in [1.54, 1.807) is 12.1 Å². The molecule has 4 nitrogen and oxygen atoms in total. The molecule has 0 radical (unpaired) electrons. The summed E-state index contributed by atoms with van der Waals surface area (Å²) in [6.45, 7) is 4.05. The van der Waals surface area contributed by atoms with Crippen molar-refractivity contribution in [2.24, 2.45) is 16.5 Å². The summed E-state index contributed by atoms with van der Waals surface area (Å²) in [5, 5.41) is 0.548. The summed E-state index contributed by atoms with van der Waals surface area (Å²) in [4.78, 5) is 14.9. The Morgan fingerprint density at radius 1 is 1.35 bits per heavy atom. The molecule has 0 spiro atoms. The smallest absolute Gasteiger partial charge is 0.280 e. The molecule has 1 aromatic carbocycles. The van der Waals surface area contributed by atoms with Crippen molar-refractivity contribution < 1.29 is 4.79 Å². The van der Waals surface area contributed by atoms with Gasteiger partial charge in [0, 0.05) is 10.6 Å². The van der Waals surface area contributed by atoms with E-state index in [9.17, 15) is 4.79 Å². The third kappa shape index (κ3) is 4.24. The zero-order valence-electron chi connectivity index (χ0n) is 9.61. The average Bonchev–Trinajstić information content (AvgIpc) is 2.15. The van der Waals surface area contributed by atoms with E-state index >= 15 is 0 Å². The lowest BCUT2D eigenvalue weighted by Crippen LogP contribution is -2.24. The highest BCUT2D eigenvalue weighted by Crippen LogP contribution is 2.25. The van der Waals surface area contributed by atoms with Gasteiger partial charge in [-0.2, -0.15) is 4.99 Å². The minimum atomic E-state index is -0.489.